The number of hydrogen-bond donors (Lipinski definition) is 0. The van der Waals surface area contributed by atoms with Crippen LogP contribution in [0.15, 0.2) is 211 Å². The highest BCUT2D eigenvalue weighted by Gasteiger charge is 2.23. The van der Waals surface area contributed by atoms with Crippen LogP contribution in [0.3, 0.4) is 0 Å². The van der Waals surface area contributed by atoms with E-state index in [2.05, 4.69) is 118 Å². The van der Waals surface area contributed by atoms with E-state index in [1.165, 1.54) is 0 Å². The van der Waals surface area contributed by atoms with Crippen LogP contribution in [0.5, 0.6) is 0 Å². The predicted molar refractivity (Wildman–Crippen MR) is 261 cm³/mol. The predicted octanol–water partition coefficient (Wildman–Crippen LogP) is 14.4. The molecule has 14 aromatic rings. The van der Waals surface area contributed by atoms with Crippen molar-refractivity contribution in [2.24, 2.45) is 0 Å². The van der Waals surface area contributed by atoms with Gasteiger partial charge in [0.15, 0.2) is 5.82 Å². The first-order chi connectivity index (χ1) is 33.4. The first kappa shape index (κ1) is 31.1. The van der Waals surface area contributed by atoms with Crippen LogP contribution in [-0.4, -0.2) is 28.7 Å². The molecule has 0 atom stereocenters. The van der Waals surface area contributed by atoms with Crippen molar-refractivity contribution >= 4 is 87.4 Å². The van der Waals surface area contributed by atoms with E-state index in [0.717, 1.165) is 87.9 Å². The Balaban J connectivity index is 1.12. The van der Waals surface area contributed by atoms with E-state index >= 15 is 0 Å². The Morgan fingerprint density at radius 2 is 0.844 bits per heavy atom. The molecule has 0 radical (unpaired) electrons. The minimum absolute atomic E-state index is 0.127. The lowest BCUT2D eigenvalue weighted by molar-refractivity contribution is 0.669. The molecule has 0 unspecified atom stereocenters. The number of fused-ring (bicyclic) bond motifs is 12. The zero-order chi connectivity index (χ0) is 45.4. The molecule has 0 spiro atoms. The molecular weight excluding hydrogens is 785 g/mol. The molecule has 7 heteroatoms. The molecule has 0 fully saturated rings. The molecule has 0 saturated carbocycles. The monoisotopic (exact) mass is 822 g/mol. The SMILES string of the molecule is [2H]c1c([2H])c([2H])c2c(c1[2H])c1ccccc1n2-c1nc(-c2ccc(-n3c4ccccc4c4ccccc43)cc2-c2ccc3oc4ccccc4c3c2)nc(-n2c3ccccc3c3ccccc32)n1. The standard InChI is InChI=1S/C57H34N6O/c1-8-22-47-37(15-1)38-16-2-9-23-48(38)61(47)36-30-31-44(45(34-36)35-29-32-54-46(33-35)43-21-7-14-28-53(43)64-54)55-58-56(62-49-24-10-3-17-39(49)40-18-4-11-25-50(40)62)60-57(59-55)63-51-26-12-5-19-41(51)42-20-6-13-27-52(42)63/h1-34H/i3D,10D,17D,24D. The highest BCUT2D eigenvalue weighted by Crippen LogP contribution is 2.41. The molecule has 7 nitrogen and oxygen atoms in total. The maximum atomic E-state index is 9.34. The van der Waals surface area contributed by atoms with Crippen molar-refractivity contribution in [2.45, 2.75) is 0 Å². The number of furan rings is 1. The maximum absolute atomic E-state index is 9.34. The summed E-state index contributed by atoms with van der Waals surface area (Å²) in [5.41, 5.74) is 9.94. The van der Waals surface area contributed by atoms with Crippen LogP contribution in [0.2, 0.25) is 0 Å². The van der Waals surface area contributed by atoms with Gasteiger partial charge in [-0.1, -0.05) is 133 Å². The summed E-state index contributed by atoms with van der Waals surface area (Å²) in [7, 11) is 0. The first-order valence-corrected chi connectivity index (χ1v) is 21.2. The molecule has 0 amide bonds. The van der Waals surface area contributed by atoms with Crippen LogP contribution in [0.4, 0.5) is 0 Å². The minimum Gasteiger partial charge on any atom is -0.456 e. The second kappa shape index (κ2) is 13.3. The van der Waals surface area contributed by atoms with Crippen LogP contribution in [-0.2, 0) is 0 Å². The van der Waals surface area contributed by atoms with Gasteiger partial charge in [0.25, 0.3) is 0 Å². The van der Waals surface area contributed by atoms with Crippen LogP contribution in [0.25, 0.3) is 127 Å². The summed E-state index contributed by atoms with van der Waals surface area (Å²) in [6.45, 7) is 0. The molecule has 0 saturated heterocycles. The Labute approximate surface area is 371 Å². The average molecular weight is 823 g/mol. The van der Waals surface area contributed by atoms with E-state index in [9.17, 15) is 1.37 Å². The van der Waals surface area contributed by atoms with Gasteiger partial charge in [0.05, 0.1) is 38.6 Å². The molecular formula is C57H34N6O. The van der Waals surface area contributed by atoms with Gasteiger partial charge in [-0.2, -0.15) is 15.0 Å². The number of rotatable bonds is 5. The van der Waals surface area contributed by atoms with Crippen molar-refractivity contribution in [3.05, 3.63) is 206 Å². The summed E-state index contributed by atoms with van der Waals surface area (Å²) in [5.74, 6) is 0.930. The fourth-order valence-corrected chi connectivity index (χ4v) is 9.89. The lowest BCUT2D eigenvalue weighted by Gasteiger charge is -2.16. The highest BCUT2D eigenvalue weighted by molar-refractivity contribution is 6.12. The van der Waals surface area contributed by atoms with Crippen LogP contribution >= 0.6 is 0 Å². The molecule has 0 aliphatic rings. The van der Waals surface area contributed by atoms with Crippen LogP contribution in [0, 0.1) is 0 Å². The number of hydrogen-bond acceptors (Lipinski definition) is 4. The molecule has 5 aromatic heterocycles. The van der Waals surface area contributed by atoms with Gasteiger partial charge >= 0.3 is 0 Å². The van der Waals surface area contributed by atoms with Gasteiger partial charge in [-0.15, -0.1) is 0 Å². The average Bonchev–Trinajstić information content (AvgIpc) is 4.14. The van der Waals surface area contributed by atoms with E-state index in [4.69, 9.17) is 23.5 Å². The summed E-state index contributed by atoms with van der Waals surface area (Å²) in [5, 5.41) is 7.42. The van der Waals surface area contributed by atoms with Crippen molar-refractivity contribution in [1.82, 2.24) is 28.7 Å². The molecule has 0 aliphatic heterocycles. The van der Waals surface area contributed by atoms with E-state index in [1.807, 2.05) is 72.8 Å². The fraction of sp³-hybridized carbons (Fsp3) is 0. The van der Waals surface area contributed by atoms with Crippen molar-refractivity contribution in [3.8, 4) is 40.1 Å². The topological polar surface area (TPSA) is 66.6 Å². The molecule has 9 aromatic carbocycles. The molecule has 64 heavy (non-hydrogen) atoms. The normalized spacial score (nSPS) is 12.9. The Bertz CT molecular complexity index is 4360. The van der Waals surface area contributed by atoms with Crippen molar-refractivity contribution in [1.29, 1.82) is 0 Å². The number of aromatic nitrogens is 6. The third-order valence-electron chi connectivity index (χ3n) is 12.7. The molecule has 5 heterocycles. The van der Waals surface area contributed by atoms with Crippen LogP contribution < -0.4 is 0 Å². The van der Waals surface area contributed by atoms with E-state index in [-0.39, 0.29) is 35.6 Å². The van der Waals surface area contributed by atoms with E-state index in [0.29, 0.717) is 28.1 Å². The van der Waals surface area contributed by atoms with E-state index < -0.39 is 0 Å². The largest absolute Gasteiger partial charge is 0.456 e. The van der Waals surface area contributed by atoms with Gasteiger partial charge < -0.3 is 8.98 Å². The quantitative estimate of drug-likeness (QED) is 0.173. The van der Waals surface area contributed by atoms with Crippen molar-refractivity contribution < 1.29 is 9.90 Å². The molecule has 0 aliphatic carbocycles. The third kappa shape index (κ3) is 5.00. The summed E-state index contributed by atoms with van der Waals surface area (Å²) in [6.07, 6.45) is 0. The molecule has 298 valence electrons. The number of para-hydroxylation sites is 7. The van der Waals surface area contributed by atoms with Gasteiger partial charge in [0, 0.05) is 54.3 Å². The second-order valence-corrected chi connectivity index (χ2v) is 16.1. The molecule has 0 N–H and O–H groups in total. The Kier molecular flexibility index (Phi) is 6.48. The summed E-state index contributed by atoms with van der Waals surface area (Å²) in [6, 6.07) is 60.7. The first-order valence-electron chi connectivity index (χ1n) is 23.2. The van der Waals surface area contributed by atoms with Gasteiger partial charge in [-0.3, -0.25) is 9.13 Å². The second-order valence-electron chi connectivity index (χ2n) is 16.1. The fourth-order valence-electron chi connectivity index (χ4n) is 9.89. The highest BCUT2D eigenvalue weighted by atomic mass is 16.3. The van der Waals surface area contributed by atoms with Crippen LogP contribution in [0.1, 0.15) is 5.48 Å². The molecule has 0 bridgehead atoms. The molecule has 14 rings (SSSR count). The van der Waals surface area contributed by atoms with Gasteiger partial charge in [-0.25, -0.2) is 0 Å². The summed E-state index contributed by atoms with van der Waals surface area (Å²) < 4.78 is 48.4. The third-order valence-corrected chi connectivity index (χ3v) is 12.7. The number of nitrogens with zero attached hydrogens (tertiary/aromatic N) is 6. The van der Waals surface area contributed by atoms with Gasteiger partial charge in [0.2, 0.25) is 11.9 Å². The van der Waals surface area contributed by atoms with Gasteiger partial charge in [0.1, 0.15) is 11.2 Å². The van der Waals surface area contributed by atoms with E-state index in [1.54, 1.807) is 4.57 Å². The smallest absolute Gasteiger partial charge is 0.240 e. The Hall–Kier alpha value is -8.81. The lowest BCUT2D eigenvalue weighted by Crippen LogP contribution is -2.10. The van der Waals surface area contributed by atoms with Crippen molar-refractivity contribution in [2.75, 3.05) is 0 Å². The summed E-state index contributed by atoms with van der Waals surface area (Å²) in [4.78, 5) is 16.1. The summed E-state index contributed by atoms with van der Waals surface area (Å²) >= 11 is 0. The Morgan fingerprint density at radius 3 is 1.45 bits per heavy atom. The van der Waals surface area contributed by atoms with Crippen molar-refractivity contribution in [3.63, 3.8) is 0 Å². The van der Waals surface area contributed by atoms with Gasteiger partial charge in [-0.05, 0) is 83.9 Å². The maximum Gasteiger partial charge on any atom is 0.240 e. The number of benzene rings is 9. The Morgan fingerprint density at radius 1 is 0.359 bits per heavy atom. The zero-order valence-corrected chi connectivity index (χ0v) is 33.9. The lowest BCUT2D eigenvalue weighted by atomic mass is 9.96. The zero-order valence-electron chi connectivity index (χ0n) is 37.9. The minimum atomic E-state index is -0.339.